The van der Waals surface area contributed by atoms with Crippen LogP contribution in [-0.2, 0) is 20.9 Å². The minimum absolute atomic E-state index is 0.00648. The van der Waals surface area contributed by atoms with Gasteiger partial charge in [-0.05, 0) is 30.7 Å². The minimum Gasteiger partial charge on any atom is -0.497 e. The fourth-order valence-corrected chi connectivity index (χ4v) is 3.05. The van der Waals surface area contributed by atoms with Gasteiger partial charge in [0.2, 0.25) is 5.91 Å². The predicted octanol–water partition coefficient (Wildman–Crippen LogP) is 1.67. The number of rotatable bonds is 3. The van der Waals surface area contributed by atoms with E-state index in [1.165, 1.54) is 0 Å². The maximum absolute atomic E-state index is 12.7. The molecular weight excluding hydrogens is 381 g/mol. The normalized spacial score (nSPS) is 22.4. The van der Waals surface area contributed by atoms with Crippen molar-refractivity contribution in [1.29, 1.82) is 0 Å². The van der Waals surface area contributed by atoms with Crippen LogP contribution < -0.4 is 10.1 Å². The third-order valence-corrected chi connectivity index (χ3v) is 4.52. The zero-order chi connectivity index (χ0) is 20.7. The number of carbonyl (C=O) groups is 2. The molecule has 10 heteroatoms. The molecule has 2 N–H and O–H groups in total. The van der Waals surface area contributed by atoms with Crippen molar-refractivity contribution in [3.63, 3.8) is 0 Å². The Hall–Kier alpha value is -2.33. The fraction of sp³-hybridized carbons (Fsp3) is 0.556. The van der Waals surface area contributed by atoms with E-state index in [0.717, 1.165) is 30.8 Å². The third-order valence-electron chi connectivity index (χ3n) is 4.52. The van der Waals surface area contributed by atoms with Gasteiger partial charge in [0.25, 0.3) is 0 Å². The number of fused-ring (bicyclic) bond motifs is 1. The van der Waals surface area contributed by atoms with Crippen LogP contribution in [0.2, 0.25) is 0 Å². The number of carbonyl (C=O) groups excluding carboxylic acids is 1. The Bertz CT molecular complexity index is 666. The van der Waals surface area contributed by atoms with Crippen molar-refractivity contribution >= 4 is 11.9 Å². The fourth-order valence-electron chi connectivity index (χ4n) is 3.05. The Morgan fingerprint density at radius 2 is 2.00 bits per heavy atom. The molecule has 0 aliphatic carbocycles. The third kappa shape index (κ3) is 6.10. The molecule has 2 atom stereocenters. The molecule has 1 aromatic carbocycles. The van der Waals surface area contributed by atoms with E-state index in [1.54, 1.807) is 7.11 Å². The molecule has 0 saturated carbocycles. The first-order valence-corrected chi connectivity index (χ1v) is 8.76. The summed E-state index contributed by atoms with van der Waals surface area (Å²) in [5.41, 5.74) is 1.12. The van der Waals surface area contributed by atoms with Crippen LogP contribution in [0.5, 0.6) is 5.75 Å². The molecule has 156 valence electrons. The number of benzene rings is 1. The molecule has 1 aromatic rings. The van der Waals surface area contributed by atoms with Crippen molar-refractivity contribution in [3.05, 3.63) is 29.8 Å². The van der Waals surface area contributed by atoms with Gasteiger partial charge in [0.1, 0.15) is 5.75 Å². The molecule has 7 nitrogen and oxygen atoms in total. The van der Waals surface area contributed by atoms with Crippen molar-refractivity contribution in [3.8, 4) is 5.75 Å². The Morgan fingerprint density at radius 1 is 1.36 bits per heavy atom. The SMILES string of the molecule is COc1ccc(CN2CCO[C@H]3CNCC[C@H]3C2=O)cc1.O=C(O)C(F)(F)F. The van der Waals surface area contributed by atoms with Crippen molar-refractivity contribution in [2.45, 2.75) is 25.2 Å². The van der Waals surface area contributed by atoms with Crippen LogP contribution in [0.15, 0.2) is 24.3 Å². The molecule has 2 saturated heterocycles. The van der Waals surface area contributed by atoms with Crippen molar-refractivity contribution < 1.29 is 37.3 Å². The van der Waals surface area contributed by atoms with Gasteiger partial charge in [-0.25, -0.2) is 4.79 Å². The van der Waals surface area contributed by atoms with Gasteiger partial charge >= 0.3 is 12.1 Å². The van der Waals surface area contributed by atoms with E-state index >= 15 is 0 Å². The lowest BCUT2D eigenvalue weighted by atomic mass is 9.93. The summed E-state index contributed by atoms with van der Waals surface area (Å²) >= 11 is 0. The summed E-state index contributed by atoms with van der Waals surface area (Å²) in [7, 11) is 1.65. The highest BCUT2D eigenvalue weighted by Gasteiger charge is 2.38. The van der Waals surface area contributed by atoms with Gasteiger partial charge in [-0.2, -0.15) is 13.2 Å². The highest BCUT2D eigenvalue weighted by Crippen LogP contribution is 2.23. The average molecular weight is 404 g/mol. The summed E-state index contributed by atoms with van der Waals surface area (Å²) in [5.74, 6) is -1.68. The van der Waals surface area contributed by atoms with Gasteiger partial charge in [-0.15, -0.1) is 0 Å². The maximum atomic E-state index is 12.7. The predicted molar refractivity (Wildman–Crippen MR) is 92.8 cm³/mol. The summed E-state index contributed by atoms with van der Waals surface area (Å²) < 4.78 is 42.7. The molecule has 28 heavy (non-hydrogen) atoms. The van der Waals surface area contributed by atoms with Crippen LogP contribution in [0.1, 0.15) is 12.0 Å². The van der Waals surface area contributed by atoms with Gasteiger partial charge in [0.05, 0.1) is 25.7 Å². The summed E-state index contributed by atoms with van der Waals surface area (Å²) in [6.07, 6.45) is -4.19. The number of aliphatic carboxylic acids is 1. The van der Waals surface area contributed by atoms with Crippen LogP contribution in [0.4, 0.5) is 13.2 Å². The van der Waals surface area contributed by atoms with E-state index in [0.29, 0.717) is 19.7 Å². The van der Waals surface area contributed by atoms with Crippen LogP contribution in [-0.4, -0.2) is 67.5 Å². The second-order valence-corrected chi connectivity index (χ2v) is 6.42. The smallest absolute Gasteiger partial charge is 0.490 e. The first-order chi connectivity index (χ1) is 13.2. The quantitative estimate of drug-likeness (QED) is 0.797. The number of nitrogens with one attached hydrogen (secondary N) is 1. The van der Waals surface area contributed by atoms with E-state index in [-0.39, 0.29) is 17.9 Å². The highest BCUT2D eigenvalue weighted by atomic mass is 19.4. The van der Waals surface area contributed by atoms with Crippen LogP contribution in [0, 0.1) is 5.92 Å². The number of carboxylic acid groups (broad SMARTS) is 1. The molecular formula is C18H23F3N2O5. The molecule has 0 unspecified atom stereocenters. The zero-order valence-corrected chi connectivity index (χ0v) is 15.4. The van der Waals surface area contributed by atoms with Crippen molar-refractivity contribution in [1.82, 2.24) is 10.2 Å². The number of methoxy groups -OCH3 is 1. The molecule has 0 aromatic heterocycles. The monoisotopic (exact) mass is 404 g/mol. The van der Waals surface area contributed by atoms with E-state index in [9.17, 15) is 18.0 Å². The molecule has 2 aliphatic rings. The maximum Gasteiger partial charge on any atom is 0.490 e. The number of nitrogens with zero attached hydrogens (tertiary/aromatic N) is 1. The van der Waals surface area contributed by atoms with Crippen LogP contribution in [0.3, 0.4) is 0 Å². The van der Waals surface area contributed by atoms with Gasteiger partial charge in [-0.3, -0.25) is 4.79 Å². The minimum atomic E-state index is -5.08. The lowest BCUT2D eigenvalue weighted by Gasteiger charge is -2.30. The number of hydrogen-bond donors (Lipinski definition) is 2. The van der Waals surface area contributed by atoms with Crippen molar-refractivity contribution in [2.75, 3.05) is 33.4 Å². The van der Waals surface area contributed by atoms with Gasteiger partial charge in [-0.1, -0.05) is 12.1 Å². The summed E-state index contributed by atoms with van der Waals surface area (Å²) in [5, 5.41) is 10.4. The highest BCUT2D eigenvalue weighted by molar-refractivity contribution is 5.80. The number of hydrogen-bond acceptors (Lipinski definition) is 5. The molecule has 2 heterocycles. The van der Waals surface area contributed by atoms with Crippen LogP contribution >= 0.6 is 0 Å². The molecule has 0 radical (unpaired) electrons. The summed E-state index contributed by atoms with van der Waals surface area (Å²) in [6, 6.07) is 7.89. The number of carboxylic acids is 1. The first kappa shape index (κ1) is 22.0. The first-order valence-electron chi connectivity index (χ1n) is 8.76. The number of amides is 1. The Morgan fingerprint density at radius 3 is 2.57 bits per heavy atom. The molecule has 1 amide bonds. The standard InChI is InChI=1S/C16H22N2O3.C2HF3O2/c1-20-13-4-2-12(3-5-13)11-18-8-9-21-15-10-17-7-6-14(15)16(18)19;3-2(4,5)1(6)7/h2-5,14-15,17H,6-11H2,1H3;(H,6,7)/t14-,15+;/m1./s1. The molecule has 2 fully saturated rings. The van der Waals surface area contributed by atoms with Gasteiger partial charge in [0.15, 0.2) is 0 Å². The van der Waals surface area contributed by atoms with Gasteiger partial charge < -0.3 is 24.8 Å². The molecule has 0 spiro atoms. The number of alkyl halides is 3. The lowest BCUT2D eigenvalue weighted by molar-refractivity contribution is -0.192. The van der Waals surface area contributed by atoms with E-state index < -0.39 is 12.1 Å². The second-order valence-electron chi connectivity index (χ2n) is 6.42. The van der Waals surface area contributed by atoms with E-state index in [2.05, 4.69) is 5.32 Å². The Labute approximate surface area is 160 Å². The molecule has 0 bridgehead atoms. The number of halogens is 3. The van der Waals surface area contributed by atoms with Crippen LogP contribution in [0.25, 0.3) is 0 Å². The second kappa shape index (κ2) is 9.74. The summed E-state index contributed by atoms with van der Waals surface area (Å²) in [6.45, 7) is 3.60. The topological polar surface area (TPSA) is 88.1 Å². The Balaban J connectivity index is 0.000000345. The number of piperidine rings is 1. The van der Waals surface area contributed by atoms with Crippen molar-refractivity contribution in [2.24, 2.45) is 5.92 Å². The van der Waals surface area contributed by atoms with E-state index in [4.69, 9.17) is 19.4 Å². The lowest BCUT2D eigenvalue weighted by Crippen LogP contribution is -2.47. The largest absolute Gasteiger partial charge is 0.497 e. The zero-order valence-electron chi connectivity index (χ0n) is 15.4. The number of ether oxygens (including phenoxy) is 2. The molecule has 2 aliphatic heterocycles. The van der Waals surface area contributed by atoms with E-state index in [1.807, 2.05) is 29.2 Å². The molecule has 3 rings (SSSR count). The Kier molecular flexibility index (Phi) is 7.64. The average Bonchev–Trinajstić information content (AvgIpc) is 2.82. The summed E-state index contributed by atoms with van der Waals surface area (Å²) in [4.78, 5) is 23.5. The van der Waals surface area contributed by atoms with Gasteiger partial charge in [0, 0.05) is 19.6 Å².